The Morgan fingerprint density at radius 3 is 2.44 bits per heavy atom. The first kappa shape index (κ1) is 28.2. The van der Waals surface area contributed by atoms with Crippen LogP contribution in [-0.4, -0.2) is 60.9 Å². The summed E-state index contributed by atoms with van der Waals surface area (Å²) in [6.45, 7) is 11.5. The molecule has 1 fully saturated rings. The Morgan fingerprint density at radius 1 is 0.951 bits per heavy atom. The van der Waals surface area contributed by atoms with Gasteiger partial charge in [-0.2, -0.15) is 0 Å². The fourth-order valence-corrected chi connectivity index (χ4v) is 4.63. The number of carbonyl (C=O) groups excluding carboxylic acids is 1. The van der Waals surface area contributed by atoms with Crippen molar-refractivity contribution in [3.63, 3.8) is 0 Å². The molecule has 0 unspecified atom stereocenters. The molecule has 0 spiro atoms. The maximum Gasteiger partial charge on any atom is 0.258 e. The second-order valence-corrected chi connectivity index (χ2v) is 10.9. The van der Waals surface area contributed by atoms with Crippen molar-refractivity contribution < 1.29 is 19.0 Å². The Labute approximate surface area is 240 Å². The van der Waals surface area contributed by atoms with E-state index in [1.54, 1.807) is 0 Å². The summed E-state index contributed by atoms with van der Waals surface area (Å²) >= 11 is 0. The zero-order valence-electron chi connectivity index (χ0n) is 24.1. The van der Waals surface area contributed by atoms with Gasteiger partial charge in [-0.1, -0.05) is 12.1 Å². The van der Waals surface area contributed by atoms with Gasteiger partial charge in [0.1, 0.15) is 17.3 Å². The summed E-state index contributed by atoms with van der Waals surface area (Å²) in [6.07, 6.45) is 0. The van der Waals surface area contributed by atoms with E-state index in [1.807, 2.05) is 70.2 Å². The summed E-state index contributed by atoms with van der Waals surface area (Å²) in [6, 6.07) is 21.6. The SMILES string of the molecule is CCOc1ccc2nc(-c3cccc(OCC(=O)NC(C)(C)C)c3)nc(Nc3ccc(N4CCOCC4)cc3)c2c1. The number of benzene rings is 3. The predicted molar refractivity (Wildman–Crippen MR) is 162 cm³/mol. The van der Waals surface area contributed by atoms with Crippen LogP contribution in [0.4, 0.5) is 17.2 Å². The van der Waals surface area contributed by atoms with Crippen molar-refractivity contribution in [2.75, 3.05) is 49.7 Å². The predicted octanol–water partition coefficient (Wildman–Crippen LogP) is 5.57. The number of hydrogen-bond donors (Lipinski definition) is 2. The first-order chi connectivity index (χ1) is 19.8. The van der Waals surface area contributed by atoms with Gasteiger partial charge in [0.2, 0.25) is 0 Å². The van der Waals surface area contributed by atoms with Gasteiger partial charge < -0.3 is 29.7 Å². The monoisotopic (exact) mass is 555 g/mol. The topological polar surface area (TPSA) is 97.8 Å². The molecule has 4 aromatic rings. The van der Waals surface area contributed by atoms with Crippen LogP contribution in [0.15, 0.2) is 66.7 Å². The van der Waals surface area contributed by atoms with Crippen LogP contribution in [0, 0.1) is 0 Å². The molecule has 2 heterocycles. The highest BCUT2D eigenvalue weighted by Crippen LogP contribution is 2.32. The molecule has 1 aliphatic heterocycles. The highest BCUT2D eigenvalue weighted by molar-refractivity contribution is 5.93. The lowest BCUT2D eigenvalue weighted by Gasteiger charge is -2.28. The molecule has 2 N–H and O–H groups in total. The van der Waals surface area contributed by atoms with Crippen molar-refractivity contribution in [1.82, 2.24) is 15.3 Å². The highest BCUT2D eigenvalue weighted by atomic mass is 16.5. The van der Waals surface area contributed by atoms with Crippen molar-refractivity contribution >= 4 is 34.0 Å². The summed E-state index contributed by atoms with van der Waals surface area (Å²) in [4.78, 5) is 24.3. The minimum atomic E-state index is -0.324. The summed E-state index contributed by atoms with van der Waals surface area (Å²) < 4.78 is 17.0. The van der Waals surface area contributed by atoms with Crippen LogP contribution in [0.1, 0.15) is 27.7 Å². The molecular weight excluding hydrogens is 518 g/mol. The molecule has 0 radical (unpaired) electrons. The number of carbonyl (C=O) groups is 1. The van der Waals surface area contributed by atoms with Crippen molar-refractivity contribution in [1.29, 1.82) is 0 Å². The normalized spacial score (nSPS) is 13.6. The van der Waals surface area contributed by atoms with E-state index in [0.717, 1.165) is 54.2 Å². The maximum absolute atomic E-state index is 12.2. The average Bonchev–Trinajstić information content (AvgIpc) is 2.96. The van der Waals surface area contributed by atoms with Gasteiger partial charge in [-0.15, -0.1) is 0 Å². The molecule has 0 bridgehead atoms. The van der Waals surface area contributed by atoms with Crippen LogP contribution in [0.25, 0.3) is 22.3 Å². The Morgan fingerprint density at radius 2 is 1.71 bits per heavy atom. The van der Waals surface area contributed by atoms with Gasteiger partial charge in [-0.25, -0.2) is 9.97 Å². The number of hydrogen-bond acceptors (Lipinski definition) is 8. The average molecular weight is 556 g/mol. The van der Waals surface area contributed by atoms with Gasteiger partial charge in [0.25, 0.3) is 5.91 Å². The zero-order valence-corrected chi connectivity index (χ0v) is 24.1. The van der Waals surface area contributed by atoms with E-state index in [2.05, 4.69) is 39.8 Å². The minimum Gasteiger partial charge on any atom is -0.494 e. The Balaban J connectivity index is 1.43. The molecule has 9 heteroatoms. The third-order valence-corrected chi connectivity index (χ3v) is 6.46. The molecule has 0 aliphatic carbocycles. The standard InChI is InChI=1S/C32H37N5O4/c1-5-40-26-13-14-28-27(20-26)31(33-23-9-11-24(12-10-23)37-15-17-39-18-16-37)35-30(34-28)22-7-6-8-25(19-22)41-21-29(38)36-32(2,3)4/h6-14,19-20H,5,15-18,21H2,1-4H3,(H,36,38)(H,33,34,35). The third kappa shape index (κ3) is 7.43. The highest BCUT2D eigenvalue weighted by Gasteiger charge is 2.16. The largest absolute Gasteiger partial charge is 0.494 e. The molecule has 5 rings (SSSR count). The van der Waals surface area contributed by atoms with Crippen molar-refractivity contribution in [2.24, 2.45) is 0 Å². The van der Waals surface area contributed by atoms with E-state index in [9.17, 15) is 4.79 Å². The number of nitrogens with zero attached hydrogens (tertiary/aromatic N) is 3. The number of rotatable bonds is 9. The number of morpholine rings is 1. The summed E-state index contributed by atoms with van der Waals surface area (Å²) in [5, 5.41) is 7.26. The fraction of sp³-hybridized carbons (Fsp3) is 0.344. The lowest BCUT2D eigenvalue weighted by atomic mass is 10.1. The van der Waals surface area contributed by atoms with E-state index >= 15 is 0 Å². The first-order valence-corrected chi connectivity index (χ1v) is 14.0. The number of anilines is 3. The van der Waals surface area contributed by atoms with Gasteiger partial charge >= 0.3 is 0 Å². The van der Waals surface area contributed by atoms with Crippen LogP contribution in [0.5, 0.6) is 11.5 Å². The first-order valence-electron chi connectivity index (χ1n) is 14.0. The molecule has 1 saturated heterocycles. The van der Waals surface area contributed by atoms with Crippen molar-refractivity contribution in [2.45, 2.75) is 33.2 Å². The molecule has 214 valence electrons. The van der Waals surface area contributed by atoms with Crippen LogP contribution in [0.3, 0.4) is 0 Å². The minimum absolute atomic E-state index is 0.0766. The van der Waals surface area contributed by atoms with E-state index in [0.29, 0.717) is 24.0 Å². The van der Waals surface area contributed by atoms with Crippen LogP contribution < -0.4 is 25.0 Å². The lowest BCUT2D eigenvalue weighted by Crippen LogP contribution is -2.43. The van der Waals surface area contributed by atoms with Gasteiger partial charge in [-0.05, 0) is 82.3 Å². The van der Waals surface area contributed by atoms with Gasteiger partial charge in [0, 0.05) is 41.0 Å². The molecule has 1 amide bonds. The summed E-state index contributed by atoms with van der Waals surface area (Å²) in [5.74, 6) is 2.35. The second kappa shape index (κ2) is 12.4. The fourth-order valence-electron chi connectivity index (χ4n) is 4.63. The molecule has 3 aromatic carbocycles. The number of fused-ring (bicyclic) bond motifs is 1. The molecule has 41 heavy (non-hydrogen) atoms. The second-order valence-electron chi connectivity index (χ2n) is 10.9. The molecule has 0 saturated carbocycles. The van der Waals surface area contributed by atoms with E-state index in [4.69, 9.17) is 24.2 Å². The molecule has 1 aliphatic rings. The maximum atomic E-state index is 12.2. The van der Waals surface area contributed by atoms with Crippen LogP contribution in [-0.2, 0) is 9.53 Å². The lowest BCUT2D eigenvalue weighted by molar-refractivity contribution is -0.124. The van der Waals surface area contributed by atoms with Crippen molar-refractivity contribution in [3.8, 4) is 22.9 Å². The number of amides is 1. The summed E-state index contributed by atoms with van der Waals surface area (Å²) in [7, 11) is 0. The van der Waals surface area contributed by atoms with E-state index in [-0.39, 0.29) is 18.1 Å². The number of nitrogens with one attached hydrogen (secondary N) is 2. The number of aromatic nitrogens is 2. The van der Waals surface area contributed by atoms with Gasteiger partial charge in [0.05, 0.1) is 25.3 Å². The molecule has 1 aromatic heterocycles. The Bertz CT molecular complexity index is 1490. The Kier molecular flexibility index (Phi) is 8.54. The van der Waals surface area contributed by atoms with Crippen LogP contribution in [0.2, 0.25) is 0 Å². The van der Waals surface area contributed by atoms with E-state index < -0.39 is 0 Å². The van der Waals surface area contributed by atoms with Gasteiger partial charge in [-0.3, -0.25) is 4.79 Å². The smallest absolute Gasteiger partial charge is 0.258 e. The Hall–Kier alpha value is -4.37. The van der Waals surface area contributed by atoms with E-state index in [1.165, 1.54) is 5.69 Å². The zero-order chi connectivity index (χ0) is 28.8. The van der Waals surface area contributed by atoms with Crippen LogP contribution >= 0.6 is 0 Å². The van der Waals surface area contributed by atoms with Crippen molar-refractivity contribution in [3.05, 3.63) is 66.7 Å². The third-order valence-electron chi connectivity index (χ3n) is 6.46. The quantitative estimate of drug-likeness (QED) is 0.277. The van der Waals surface area contributed by atoms with Gasteiger partial charge in [0.15, 0.2) is 12.4 Å². The molecule has 9 nitrogen and oxygen atoms in total. The molecule has 0 atom stereocenters. The molecular formula is C32H37N5O4. The number of ether oxygens (including phenoxy) is 3. The summed E-state index contributed by atoms with van der Waals surface area (Å²) in [5.41, 5.74) is 3.31.